The number of nitrogens with one attached hydrogen (secondary N) is 1. The molecule has 0 aliphatic heterocycles. The molecule has 2 heterocycles. The molecule has 0 atom stereocenters. The van der Waals surface area contributed by atoms with Gasteiger partial charge in [0.25, 0.3) is 5.91 Å². The molecule has 20 heavy (non-hydrogen) atoms. The summed E-state index contributed by atoms with van der Waals surface area (Å²) < 4.78 is 22.5. The van der Waals surface area contributed by atoms with Gasteiger partial charge in [0.05, 0.1) is 11.4 Å². The summed E-state index contributed by atoms with van der Waals surface area (Å²) in [5.74, 6) is -0.282. The number of sulfonamides is 1. The molecule has 0 aliphatic carbocycles. The van der Waals surface area contributed by atoms with E-state index in [0.29, 0.717) is 17.0 Å². The van der Waals surface area contributed by atoms with E-state index in [1.54, 1.807) is 18.3 Å². The molecule has 1 amide bonds. The first kappa shape index (κ1) is 15.2. The Morgan fingerprint density at radius 1 is 1.35 bits per heavy atom. The third kappa shape index (κ3) is 3.26. The molecule has 0 radical (unpaired) electrons. The number of primary sulfonamides is 1. The van der Waals surface area contributed by atoms with E-state index < -0.39 is 10.0 Å². The van der Waals surface area contributed by atoms with E-state index in [-0.39, 0.29) is 10.1 Å². The van der Waals surface area contributed by atoms with E-state index in [1.807, 2.05) is 18.4 Å². The first-order chi connectivity index (χ1) is 9.29. The van der Waals surface area contributed by atoms with Crippen molar-refractivity contribution in [3.63, 3.8) is 0 Å². The van der Waals surface area contributed by atoms with Crippen molar-refractivity contribution in [1.29, 1.82) is 0 Å². The molecule has 2 rings (SSSR count). The van der Waals surface area contributed by atoms with Crippen LogP contribution in [0.15, 0.2) is 21.7 Å². The van der Waals surface area contributed by atoms with Crippen molar-refractivity contribution in [2.45, 2.75) is 24.6 Å². The lowest BCUT2D eigenvalue weighted by atomic mass is 10.2. The van der Waals surface area contributed by atoms with Crippen molar-refractivity contribution in [2.24, 2.45) is 5.14 Å². The zero-order chi connectivity index (χ0) is 14.9. The van der Waals surface area contributed by atoms with E-state index in [4.69, 9.17) is 5.14 Å². The van der Waals surface area contributed by atoms with Gasteiger partial charge in [0.15, 0.2) is 0 Å². The van der Waals surface area contributed by atoms with Crippen LogP contribution in [0.1, 0.15) is 25.7 Å². The minimum atomic E-state index is -3.76. The number of carbonyl (C=O) groups excluding carboxylic acids is 1. The first-order valence-electron chi connectivity index (χ1n) is 5.73. The van der Waals surface area contributed by atoms with Crippen LogP contribution in [0, 0.1) is 13.8 Å². The summed E-state index contributed by atoms with van der Waals surface area (Å²) in [7, 11) is -3.76. The molecule has 2 aromatic rings. The fourth-order valence-corrected chi connectivity index (χ4v) is 4.37. The van der Waals surface area contributed by atoms with Gasteiger partial charge in [-0.05, 0) is 42.5 Å². The first-order valence-corrected chi connectivity index (χ1v) is 8.97. The van der Waals surface area contributed by atoms with Gasteiger partial charge in [-0.2, -0.15) is 0 Å². The summed E-state index contributed by atoms with van der Waals surface area (Å²) in [6.45, 7) is 4.11. The van der Waals surface area contributed by atoms with Gasteiger partial charge < -0.3 is 5.32 Å². The van der Waals surface area contributed by atoms with Crippen LogP contribution >= 0.6 is 22.7 Å². The second-order valence-electron chi connectivity index (χ2n) is 4.33. The third-order valence-corrected chi connectivity index (χ3v) is 6.44. The zero-order valence-electron chi connectivity index (χ0n) is 11.0. The number of thiophene rings is 2. The maximum Gasteiger partial charge on any atom is 0.261 e. The number of amides is 1. The SMILES string of the molecule is Cc1ccsc1CNC(=O)c1sc(S(N)(=O)=O)cc1C. The number of hydrogen-bond acceptors (Lipinski definition) is 5. The molecular weight excluding hydrogens is 316 g/mol. The zero-order valence-corrected chi connectivity index (χ0v) is 13.4. The van der Waals surface area contributed by atoms with Crippen LogP contribution in [0.25, 0.3) is 0 Å². The fourth-order valence-electron chi connectivity index (χ4n) is 1.64. The van der Waals surface area contributed by atoms with E-state index in [0.717, 1.165) is 21.8 Å². The lowest BCUT2D eigenvalue weighted by Crippen LogP contribution is -2.22. The van der Waals surface area contributed by atoms with Crippen LogP contribution in [0.4, 0.5) is 0 Å². The van der Waals surface area contributed by atoms with E-state index in [2.05, 4.69) is 5.32 Å². The molecule has 0 aromatic carbocycles. The topological polar surface area (TPSA) is 89.3 Å². The maximum absolute atomic E-state index is 12.1. The Morgan fingerprint density at radius 3 is 2.55 bits per heavy atom. The maximum atomic E-state index is 12.1. The van der Waals surface area contributed by atoms with Gasteiger partial charge in [-0.25, -0.2) is 13.6 Å². The predicted molar refractivity (Wildman–Crippen MR) is 80.7 cm³/mol. The number of rotatable bonds is 4. The molecule has 108 valence electrons. The highest BCUT2D eigenvalue weighted by Gasteiger charge is 2.19. The molecule has 0 saturated heterocycles. The Balaban J connectivity index is 2.14. The third-order valence-electron chi connectivity index (χ3n) is 2.76. The average Bonchev–Trinajstić information content (AvgIpc) is 2.92. The van der Waals surface area contributed by atoms with Crippen LogP contribution < -0.4 is 10.5 Å². The number of hydrogen-bond donors (Lipinski definition) is 2. The van der Waals surface area contributed by atoms with Crippen molar-refractivity contribution < 1.29 is 13.2 Å². The molecule has 0 fully saturated rings. The molecule has 3 N–H and O–H groups in total. The molecule has 0 bridgehead atoms. The Labute approximate surface area is 125 Å². The van der Waals surface area contributed by atoms with E-state index >= 15 is 0 Å². The average molecular weight is 330 g/mol. The molecule has 8 heteroatoms. The van der Waals surface area contributed by atoms with Crippen molar-refractivity contribution in [2.75, 3.05) is 0 Å². The van der Waals surface area contributed by atoms with E-state index in [1.165, 1.54) is 6.07 Å². The molecule has 0 saturated carbocycles. The number of carbonyl (C=O) groups is 1. The Hall–Kier alpha value is -1.22. The van der Waals surface area contributed by atoms with Crippen LogP contribution in [0.3, 0.4) is 0 Å². The monoisotopic (exact) mass is 330 g/mol. The summed E-state index contributed by atoms with van der Waals surface area (Å²) in [5.41, 5.74) is 1.74. The van der Waals surface area contributed by atoms with Crippen molar-refractivity contribution in [3.8, 4) is 0 Å². The fraction of sp³-hybridized carbons (Fsp3) is 0.250. The van der Waals surface area contributed by atoms with Gasteiger partial charge in [0, 0.05) is 4.88 Å². The minimum Gasteiger partial charge on any atom is -0.346 e. The van der Waals surface area contributed by atoms with Crippen LogP contribution in [-0.2, 0) is 16.6 Å². The minimum absolute atomic E-state index is 0.00690. The Kier molecular flexibility index (Phi) is 4.28. The van der Waals surface area contributed by atoms with Crippen molar-refractivity contribution >= 4 is 38.6 Å². The molecule has 0 spiro atoms. The Morgan fingerprint density at radius 2 is 2.05 bits per heavy atom. The molecular formula is C12H14N2O3S3. The standard InChI is InChI=1S/C12H14N2O3S3/c1-7-3-4-18-9(7)6-14-12(15)11-8(2)5-10(19-11)20(13,16)17/h3-5H,6H2,1-2H3,(H,14,15)(H2,13,16,17). The van der Waals surface area contributed by atoms with Crippen LogP contribution in [0.2, 0.25) is 0 Å². The van der Waals surface area contributed by atoms with Gasteiger partial charge in [-0.1, -0.05) is 0 Å². The summed E-state index contributed by atoms with van der Waals surface area (Å²) in [4.78, 5) is 13.5. The highest BCUT2D eigenvalue weighted by atomic mass is 32.2. The molecule has 0 unspecified atom stereocenters. The summed E-state index contributed by atoms with van der Waals surface area (Å²) in [5, 5.41) is 9.82. The van der Waals surface area contributed by atoms with Gasteiger partial charge >= 0.3 is 0 Å². The van der Waals surface area contributed by atoms with Crippen LogP contribution in [-0.4, -0.2) is 14.3 Å². The largest absolute Gasteiger partial charge is 0.346 e. The van der Waals surface area contributed by atoms with Gasteiger partial charge in [-0.3, -0.25) is 4.79 Å². The van der Waals surface area contributed by atoms with Crippen molar-refractivity contribution in [3.05, 3.63) is 38.4 Å². The van der Waals surface area contributed by atoms with E-state index in [9.17, 15) is 13.2 Å². The summed E-state index contributed by atoms with van der Waals surface area (Å²) in [6.07, 6.45) is 0. The normalized spacial score (nSPS) is 11.6. The highest BCUT2D eigenvalue weighted by Crippen LogP contribution is 2.25. The number of aryl methyl sites for hydroxylation is 2. The van der Waals surface area contributed by atoms with Crippen molar-refractivity contribution in [1.82, 2.24) is 5.32 Å². The second-order valence-corrected chi connectivity index (χ2v) is 8.17. The summed E-state index contributed by atoms with van der Waals surface area (Å²) in [6, 6.07) is 3.41. The summed E-state index contributed by atoms with van der Waals surface area (Å²) >= 11 is 2.47. The lowest BCUT2D eigenvalue weighted by Gasteiger charge is -2.03. The molecule has 5 nitrogen and oxygen atoms in total. The molecule has 2 aromatic heterocycles. The predicted octanol–water partition coefficient (Wildman–Crippen LogP) is 2.00. The van der Waals surface area contributed by atoms with Gasteiger partial charge in [0.2, 0.25) is 10.0 Å². The quantitative estimate of drug-likeness (QED) is 0.898. The smallest absolute Gasteiger partial charge is 0.261 e. The highest BCUT2D eigenvalue weighted by molar-refractivity contribution is 7.91. The molecule has 0 aliphatic rings. The van der Waals surface area contributed by atoms with Crippen LogP contribution in [0.5, 0.6) is 0 Å². The second kappa shape index (κ2) is 5.65. The number of nitrogens with two attached hydrogens (primary N) is 1. The lowest BCUT2D eigenvalue weighted by molar-refractivity contribution is 0.0955. The Bertz CT molecular complexity index is 744. The van der Waals surface area contributed by atoms with Gasteiger partial charge in [-0.15, -0.1) is 22.7 Å². The van der Waals surface area contributed by atoms with Gasteiger partial charge in [0.1, 0.15) is 4.21 Å².